The number of hydrogen-bond acceptors (Lipinski definition) is 7. The average molecular weight is 546 g/mol. The van der Waals surface area contributed by atoms with Gasteiger partial charge in [0, 0.05) is 16.5 Å². The minimum atomic E-state index is -1.61. The van der Waals surface area contributed by atoms with Crippen molar-refractivity contribution < 1.29 is 28.6 Å². The lowest BCUT2D eigenvalue weighted by Gasteiger charge is -2.29. The molecule has 188 valence electrons. The molecule has 2 aromatic carbocycles. The predicted molar refractivity (Wildman–Crippen MR) is 136 cm³/mol. The van der Waals surface area contributed by atoms with Gasteiger partial charge in [-0.3, -0.25) is 4.79 Å². The monoisotopic (exact) mass is 545 g/mol. The largest absolute Gasteiger partial charge is 0.489 e. The molecule has 3 rings (SSSR count). The van der Waals surface area contributed by atoms with Crippen LogP contribution in [-0.2, 0) is 30.5 Å². The number of hydrogen-bond donors (Lipinski definition) is 0. The molecule has 0 bridgehead atoms. The number of benzene rings is 2. The molecule has 0 radical (unpaired) electrons. The van der Waals surface area contributed by atoms with Crippen LogP contribution in [0.4, 0.5) is 0 Å². The lowest BCUT2D eigenvalue weighted by Crippen LogP contribution is -2.46. The Labute approximate surface area is 214 Å². The summed E-state index contributed by atoms with van der Waals surface area (Å²) in [4.78, 5) is 31.5. The SMILES string of the molecule is CC(C)(C)OC(=O)CC1(C(=O)OC(C)(C)C)CC(c2cc(Br)cc(OCc3ccccc3)c2)=NO1. The van der Waals surface area contributed by atoms with E-state index in [4.69, 9.17) is 19.0 Å². The van der Waals surface area contributed by atoms with Crippen LogP contribution in [0.25, 0.3) is 0 Å². The summed E-state index contributed by atoms with van der Waals surface area (Å²) in [6.07, 6.45) is -0.271. The van der Waals surface area contributed by atoms with Crippen LogP contribution < -0.4 is 4.74 Å². The zero-order valence-corrected chi connectivity index (χ0v) is 22.6. The molecule has 0 saturated heterocycles. The van der Waals surface area contributed by atoms with Crippen LogP contribution in [0, 0.1) is 0 Å². The smallest absolute Gasteiger partial charge is 0.354 e. The Kier molecular flexibility index (Phi) is 7.94. The molecule has 8 heteroatoms. The van der Waals surface area contributed by atoms with Crippen LogP contribution in [0.1, 0.15) is 65.5 Å². The predicted octanol–water partition coefficient (Wildman–Crippen LogP) is 5.96. The maximum Gasteiger partial charge on any atom is 0.354 e. The van der Waals surface area contributed by atoms with Gasteiger partial charge in [0.1, 0.15) is 23.6 Å². The first-order valence-corrected chi connectivity index (χ1v) is 12.2. The van der Waals surface area contributed by atoms with Crippen molar-refractivity contribution >= 4 is 33.6 Å². The van der Waals surface area contributed by atoms with Gasteiger partial charge in [-0.25, -0.2) is 4.79 Å². The Balaban J connectivity index is 1.82. The number of oxime groups is 1. The van der Waals surface area contributed by atoms with E-state index >= 15 is 0 Å². The molecule has 1 aliphatic heterocycles. The van der Waals surface area contributed by atoms with E-state index in [1.54, 1.807) is 41.5 Å². The van der Waals surface area contributed by atoms with Crippen molar-refractivity contribution in [2.75, 3.05) is 0 Å². The van der Waals surface area contributed by atoms with Gasteiger partial charge in [0.25, 0.3) is 0 Å². The Hall–Kier alpha value is -2.87. The lowest BCUT2D eigenvalue weighted by atomic mass is 9.90. The van der Waals surface area contributed by atoms with E-state index in [9.17, 15) is 9.59 Å². The lowest BCUT2D eigenvalue weighted by molar-refractivity contribution is -0.188. The number of esters is 2. The second-order valence-corrected chi connectivity index (χ2v) is 11.4. The summed E-state index contributed by atoms with van der Waals surface area (Å²) in [6, 6.07) is 15.4. The third-order valence-electron chi connectivity index (χ3n) is 4.86. The van der Waals surface area contributed by atoms with E-state index in [0.717, 1.165) is 10.0 Å². The number of rotatable bonds is 7. The molecular formula is C27H32BrNO6. The summed E-state index contributed by atoms with van der Waals surface area (Å²) < 4.78 is 17.8. The van der Waals surface area contributed by atoms with E-state index in [1.165, 1.54) is 0 Å². The fourth-order valence-corrected chi connectivity index (χ4v) is 3.92. The highest BCUT2D eigenvalue weighted by Gasteiger charge is 2.52. The molecular weight excluding hydrogens is 514 g/mol. The van der Waals surface area contributed by atoms with Gasteiger partial charge >= 0.3 is 11.9 Å². The average Bonchev–Trinajstić information content (AvgIpc) is 3.15. The second kappa shape index (κ2) is 10.4. The normalized spacial score (nSPS) is 17.9. The summed E-state index contributed by atoms with van der Waals surface area (Å²) in [5, 5.41) is 4.19. The molecule has 0 saturated carbocycles. The van der Waals surface area contributed by atoms with Crippen molar-refractivity contribution in [3.63, 3.8) is 0 Å². The van der Waals surface area contributed by atoms with Gasteiger partial charge in [0.15, 0.2) is 0 Å². The third kappa shape index (κ3) is 7.82. The molecule has 0 fully saturated rings. The number of halogens is 1. The summed E-state index contributed by atoms with van der Waals surface area (Å²) >= 11 is 3.52. The van der Waals surface area contributed by atoms with Crippen molar-refractivity contribution in [1.29, 1.82) is 0 Å². The summed E-state index contributed by atoms with van der Waals surface area (Å²) in [7, 11) is 0. The van der Waals surface area contributed by atoms with Gasteiger partial charge in [0.05, 0.1) is 12.1 Å². The molecule has 1 unspecified atom stereocenters. The first-order chi connectivity index (χ1) is 16.2. The maximum absolute atomic E-state index is 13.2. The van der Waals surface area contributed by atoms with Crippen LogP contribution in [0.15, 0.2) is 58.2 Å². The van der Waals surface area contributed by atoms with E-state index in [0.29, 0.717) is 23.6 Å². The molecule has 35 heavy (non-hydrogen) atoms. The fraction of sp³-hybridized carbons (Fsp3) is 0.444. The van der Waals surface area contributed by atoms with Crippen LogP contribution in [0.3, 0.4) is 0 Å². The van der Waals surface area contributed by atoms with Gasteiger partial charge in [-0.2, -0.15) is 0 Å². The first kappa shape index (κ1) is 26.7. The van der Waals surface area contributed by atoms with Crippen molar-refractivity contribution in [1.82, 2.24) is 0 Å². The molecule has 2 aromatic rings. The van der Waals surface area contributed by atoms with E-state index in [1.807, 2.05) is 48.5 Å². The molecule has 1 aliphatic rings. The van der Waals surface area contributed by atoms with Gasteiger partial charge in [0.2, 0.25) is 5.60 Å². The molecule has 7 nitrogen and oxygen atoms in total. The van der Waals surface area contributed by atoms with E-state index in [-0.39, 0.29) is 12.8 Å². The molecule has 1 atom stereocenters. The van der Waals surface area contributed by atoms with Crippen molar-refractivity contribution in [2.45, 2.75) is 77.8 Å². The Morgan fingerprint density at radius 1 is 1.00 bits per heavy atom. The van der Waals surface area contributed by atoms with Gasteiger partial charge < -0.3 is 19.0 Å². The van der Waals surface area contributed by atoms with E-state index in [2.05, 4.69) is 21.1 Å². The topological polar surface area (TPSA) is 83.4 Å². The van der Waals surface area contributed by atoms with Crippen molar-refractivity contribution in [3.8, 4) is 5.75 Å². The fourth-order valence-electron chi connectivity index (χ4n) is 3.44. The Morgan fingerprint density at radius 2 is 1.66 bits per heavy atom. The van der Waals surface area contributed by atoms with E-state index < -0.39 is 28.7 Å². The number of carbonyl (C=O) groups is 2. The number of ether oxygens (including phenoxy) is 3. The highest BCUT2D eigenvalue weighted by molar-refractivity contribution is 9.10. The van der Waals surface area contributed by atoms with Crippen LogP contribution in [0.5, 0.6) is 5.75 Å². The molecule has 0 spiro atoms. The van der Waals surface area contributed by atoms with Crippen LogP contribution in [-0.4, -0.2) is 34.5 Å². The molecule has 0 aromatic heterocycles. The van der Waals surface area contributed by atoms with Gasteiger partial charge in [-0.1, -0.05) is 51.4 Å². The Morgan fingerprint density at radius 3 is 2.29 bits per heavy atom. The third-order valence-corrected chi connectivity index (χ3v) is 5.32. The zero-order chi connectivity index (χ0) is 25.9. The standard InChI is InChI=1S/C27H32BrNO6/c1-25(2,3)33-23(30)16-27(24(31)34-26(4,5)6)15-22(29-35-27)19-12-20(28)14-21(13-19)32-17-18-10-8-7-9-11-18/h7-14H,15-17H2,1-6H3. The quantitative estimate of drug-likeness (QED) is 0.399. The zero-order valence-electron chi connectivity index (χ0n) is 21.0. The number of nitrogens with zero attached hydrogens (tertiary/aromatic N) is 1. The maximum atomic E-state index is 13.2. The summed E-state index contributed by atoms with van der Waals surface area (Å²) in [5.41, 5.74) is -0.834. The summed E-state index contributed by atoms with van der Waals surface area (Å²) in [5.74, 6) is -0.603. The van der Waals surface area contributed by atoms with Gasteiger partial charge in [-0.05, 0) is 65.3 Å². The number of carbonyl (C=O) groups excluding carboxylic acids is 2. The van der Waals surface area contributed by atoms with Crippen LogP contribution in [0.2, 0.25) is 0 Å². The molecule has 0 aliphatic carbocycles. The minimum absolute atomic E-state index is 0.0513. The van der Waals surface area contributed by atoms with Crippen LogP contribution >= 0.6 is 15.9 Å². The summed E-state index contributed by atoms with van der Waals surface area (Å²) in [6.45, 7) is 11.0. The molecule has 0 N–H and O–H groups in total. The minimum Gasteiger partial charge on any atom is -0.489 e. The Bertz CT molecular complexity index is 1100. The first-order valence-electron chi connectivity index (χ1n) is 11.4. The van der Waals surface area contributed by atoms with Gasteiger partial charge in [-0.15, -0.1) is 0 Å². The van der Waals surface area contributed by atoms with Crippen molar-refractivity contribution in [3.05, 3.63) is 64.1 Å². The van der Waals surface area contributed by atoms with Crippen molar-refractivity contribution in [2.24, 2.45) is 5.16 Å². The molecule has 0 amide bonds. The highest BCUT2D eigenvalue weighted by Crippen LogP contribution is 2.35. The molecule has 1 heterocycles. The second-order valence-electron chi connectivity index (χ2n) is 10.5. The highest BCUT2D eigenvalue weighted by atomic mass is 79.9.